The van der Waals surface area contributed by atoms with Gasteiger partial charge in [0.1, 0.15) is 0 Å². The zero-order chi connectivity index (χ0) is 12.3. The van der Waals surface area contributed by atoms with Crippen molar-refractivity contribution in [3.63, 3.8) is 0 Å². The first kappa shape index (κ1) is 12.7. The van der Waals surface area contributed by atoms with Gasteiger partial charge in [-0.2, -0.15) is 11.3 Å². The Morgan fingerprint density at radius 2 is 2.24 bits per heavy atom. The van der Waals surface area contributed by atoms with E-state index in [9.17, 15) is 0 Å². The van der Waals surface area contributed by atoms with Crippen LogP contribution >= 0.6 is 22.9 Å². The smallest absolute Gasteiger partial charge is 0.0832 e. The third-order valence-corrected chi connectivity index (χ3v) is 4.14. The molecule has 0 aliphatic rings. The number of hydrogen-bond donors (Lipinski definition) is 1. The summed E-state index contributed by atoms with van der Waals surface area (Å²) >= 11 is 3.23. The van der Waals surface area contributed by atoms with Gasteiger partial charge in [0.2, 0.25) is 0 Å². The molecule has 0 fully saturated rings. The van der Waals surface area contributed by atoms with Crippen molar-refractivity contribution < 1.29 is 0 Å². The van der Waals surface area contributed by atoms with Crippen LogP contribution in [0.25, 0.3) is 0 Å². The van der Waals surface area contributed by atoms with Crippen molar-refractivity contribution in [3.05, 3.63) is 33.0 Å². The van der Waals surface area contributed by atoms with Crippen LogP contribution in [0.2, 0.25) is 0 Å². The molecule has 0 saturated heterocycles. The maximum Gasteiger partial charge on any atom is 0.0832 e. The van der Waals surface area contributed by atoms with Gasteiger partial charge in [0, 0.05) is 0 Å². The molecular formula is C12H17N3S2. The second-order valence-corrected chi connectivity index (χ2v) is 5.79. The predicted octanol–water partition coefficient (Wildman–Crippen LogP) is 3.42. The quantitative estimate of drug-likeness (QED) is 0.902. The van der Waals surface area contributed by atoms with E-state index in [4.69, 9.17) is 0 Å². The third-order valence-electron chi connectivity index (χ3n) is 2.63. The standard InChI is InChI=1S/C12H17N3S2/c1-4-13-11(9-5-6-16-7-9)12-10(8(2)3)14-15-17-12/h5-8,11,13H,4H2,1-3H3. The second kappa shape index (κ2) is 5.71. The van der Waals surface area contributed by atoms with Crippen LogP contribution in [0.3, 0.4) is 0 Å². The van der Waals surface area contributed by atoms with Gasteiger partial charge in [0.05, 0.1) is 16.6 Å². The summed E-state index contributed by atoms with van der Waals surface area (Å²) in [5.74, 6) is 0.420. The number of thiophene rings is 1. The van der Waals surface area contributed by atoms with Crippen molar-refractivity contribution in [2.45, 2.75) is 32.7 Å². The fraction of sp³-hybridized carbons (Fsp3) is 0.500. The maximum absolute atomic E-state index is 4.26. The highest BCUT2D eigenvalue weighted by Crippen LogP contribution is 2.31. The van der Waals surface area contributed by atoms with Gasteiger partial charge in [0.25, 0.3) is 0 Å². The maximum atomic E-state index is 4.26. The summed E-state index contributed by atoms with van der Waals surface area (Å²) in [6, 6.07) is 2.41. The predicted molar refractivity (Wildman–Crippen MR) is 73.8 cm³/mol. The average Bonchev–Trinajstić information content (AvgIpc) is 2.96. The van der Waals surface area contributed by atoms with Crippen LogP contribution < -0.4 is 5.32 Å². The van der Waals surface area contributed by atoms with Crippen LogP contribution in [-0.4, -0.2) is 16.1 Å². The van der Waals surface area contributed by atoms with Gasteiger partial charge < -0.3 is 5.32 Å². The molecule has 2 rings (SSSR count). The lowest BCUT2D eigenvalue weighted by Crippen LogP contribution is -2.21. The molecule has 0 amide bonds. The molecule has 2 aromatic heterocycles. The van der Waals surface area contributed by atoms with E-state index >= 15 is 0 Å². The minimum Gasteiger partial charge on any atom is -0.306 e. The molecule has 0 aliphatic heterocycles. The minimum absolute atomic E-state index is 0.239. The van der Waals surface area contributed by atoms with Gasteiger partial charge in [-0.1, -0.05) is 25.3 Å². The van der Waals surface area contributed by atoms with Gasteiger partial charge >= 0.3 is 0 Å². The summed E-state index contributed by atoms with van der Waals surface area (Å²) in [4.78, 5) is 1.25. The highest BCUT2D eigenvalue weighted by Gasteiger charge is 2.22. The number of rotatable bonds is 5. The molecular weight excluding hydrogens is 250 g/mol. The second-order valence-electron chi connectivity index (χ2n) is 4.22. The number of nitrogens with one attached hydrogen (secondary N) is 1. The van der Waals surface area contributed by atoms with Crippen molar-refractivity contribution in [3.8, 4) is 0 Å². The van der Waals surface area contributed by atoms with Gasteiger partial charge in [-0.25, -0.2) is 0 Å². The van der Waals surface area contributed by atoms with E-state index in [1.807, 2.05) is 0 Å². The summed E-state index contributed by atoms with van der Waals surface area (Å²) in [5.41, 5.74) is 2.43. The molecule has 0 bridgehead atoms. The Bertz CT molecular complexity index is 448. The van der Waals surface area contributed by atoms with Crippen molar-refractivity contribution in [1.82, 2.24) is 14.9 Å². The number of aromatic nitrogens is 2. The molecule has 1 unspecified atom stereocenters. The van der Waals surface area contributed by atoms with E-state index in [-0.39, 0.29) is 6.04 Å². The van der Waals surface area contributed by atoms with E-state index in [2.05, 4.69) is 52.5 Å². The molecule has 3 nitrogen and oxygen atoms in total. The van der Waals surface area contributed by atoms with Crippen molar-refractivity contribution in [1.29, 1.82) is 0 Å². The van der Waals surface area contributed by atoms with E-state index in [1.165, 1.54) is 22.0 Å². The Balaban J connectivity index is 2.36. The van der Waals surface area contributed by atoms with Crippen LogP contribution in [-0.2, 0) is 0 Å². The normalized spacial score (nSPS) is 13.2. The summed E-state index contributed by atoms with van der Waals surface area (Å²) < 4.78 is 4.11. The number of hydrogen-bond acceptors (Lipinski definition) is 5. The molecule has 17 heavy (non-hydrogen) atoms. The Morgan fingerprint density at radius 3 is 2.82 bits per heavy atom. The van der Waals surface area contributed by atoms with Crippen LogP contribution in [0.15, 0.2) is 16.8 Å². The molecule has 0 radical (unpaired) electrons. The molecule has 0 aliphatic carbocycles. The molecule has 1 atom stereocenters. The highest BCUT2D eigenvalue weighted by molar-refractivity contribution is 7.08. The number of nitrogens with zero attached hydrogens (tertiary/aromatic N) is 2. The lowest BCUT2D eigenvalue weighted by atomic mass is 10.0. The van der Waals surface area contributed by atoms with Crippen molar-refractivity contribution >= 4 is 22.9 Å². The fourth-order valence-electron chi connectivity index (χ4n) is 1.81. The molecule has 2 aromatic rings. The van der Waals surface area contributed by atoms with Crippen molar-refractivity contribution in [2.24, 2.45) is 0 Å². The SMILES string of the molecule is CCNC(c1ccsc1)c1snnc1C(C)C. The average molecular weight is 267 g/mol. The molecule has 0 spiro atoms. The Morgan fingerprint density at radius 1 is 1.41 bits per heavy atom. The van der Waals surface area contributed by atoms with E-state index in [1.54, 1.807) is 11.3 Å². The largest absolute Gasteiger partial charge is 0.306 e. The zero-order valence-corrected chi connectivity index (χ0v) is 11.9. The first-order chi connectivity index (χ1) is 8.24. The summed E-state index contributed by atoms with van der Waals surface area (Å²) in [6.07, 6.45) is 0. The molecule has 5 heteroatoms. The molecule has 0 aromatic carbocycles. The lowest BCUT2D eigenvalue weighted by molar-refractivity contribution is 0.627. The molecule has 2 heterocycles. The summed E-state index contributed by atoms with van der Waals surface area (Å²) in [6.45, 7) is 7.40. The van der Waals surface area contributed by atoms with Gasteiger partial charge in [-0.3, -0.25) is 0 Å². The summed E-state index contributed by atoms with van der Waals surface area (Å²) in [7, 11) is 0. The van der Waals surface area contributed by atoms with Crippen LogP contribution in [0.5, 0.6) is 0 Å². The van der Waals surface area contributed by atoms with Gasteiger partial charge in [-0.15, -0.1) is 5.10 Å². The lowest BCUT2D eigenvalue weighted by Gasteiger charge is -2.16. The topological polar surface area (TPSA) is 37.8 Å². The zero-order valence-electron chi connectivity index (χ0n) is 10.3. The Labute approximate surface area is 110 Å². The third kappa shape index (κ3) is 2.73. The first-order valence-corrected chi connectivity index (χ1v) is 7.53. The summed E-state index contributed by atoms with van der Waals surface area (Å²) in [5, 5.41) is 12.1. The van der Waals surface area contributed by atoms with Crippen LogP contribution in [0.4, 0.5) is 0 Å². The molecule has 92 valence electrons. The monoisotopic (exact) mass is 267 g/mol. The highest BCUT2D eigenvalue weighted by atomic mass is 32.1. The van der Waals surface area contributed by atoms with E-state index < -0.39 is 0 Å². The Kier molecular flexibility index (Phi) is 4.25. The molecule has 0 saturated carbocycles. The van der Waals surface area contributed by atoms with E-state index in [0.717, 1.165) is 12.2 Å². The van der Waals surface area contributed by atoms with E-state index in [0.29, 0.717) is 5.92 Å². The molecule has 1 N–H and O–H groups in total. The van der Waals surface area contributed by atoms with Gasteiger partial charge in [-0.05, 0) is 46.4 Å². The first-order valence-electron chi connectivity index (χ1n) is 5.81. The minimum atomic E-state index is 0.239. The van der Waals surface area contributed by atoms with Gasteiger partial charge in [0.15, 0.2) is 0 Å². The van der Waals surface area contributed by atoms with Crippen LogP contribution in [0.1, 0.15) is 48.9 Å². The Hall–Kier alpha value is -0.780. The van der Waals surface area contributed by atoms with Crippen molar-refractivity contribution in [2.75, 3.05) is 6.54 Å². The fourth-order valence-corrected chi connectivity index (χ4v) is 3.41. The van der Waals surface area contributed by atoms with Crippen LogP contribution in [0, 0.1) is 0 Å².